The molecule has 3 N–H and O–H groups in total. The quantitative estimate of drug-likeness (QED) is 0.300. The summed E-state index contributed by atoms with van der Waals surface area (Å²) in [6, 6.07) is 16.9. The monoisotopic (exact) mass is 470 g/mol. The van der Waals surface area contributed by atoms with Crippen LogP contribution in [0, 0.1) is 12.7 Å². The van der Waals surface area contributed by atoms with Crippen LogP contribution in [0.15, 0.2) is 70.9 Å². The molecule has 1 aromatic heterocycles. The number of halogens is 1. The standard InChI is InChI=1S/C24H19FN8O2/c1-13-9-10-17(12-19(13)25)33-24(35)21(14(2)30-33)27-26-20-8-4-7-18(22(20)34)15-5-3-6-16(11-15)23-28-31-32-29-23/h3-12,26,34H,1-2H3,(H,28,29,31,32). The fourth-order valence-corrected chi connectivity index (χ4v) is 3.61. The zero-order chi connectivity index (χ0) is 24.5. The lowest BCUT2D eigenvalue weighted by molar-refractivity contribution is -0.112. The molecule has 0 atom stereocenters. The van der Waals surface area contributed by atoms with Crippen molar-refractivity contribution in [2.45, 2.75) is 13.8 Å². The average molecular weight is 470 g/mol. The Morgan fingerprint density at radius 1 is 1.06 bits per heavy atom. The van der Waals surface area contributed by atoms with Crippen LogP contribution in [-0.4, -0.2) is 43.1 Å². The first-order valence-corrected chi connectivity index (χ1v) is 10.6. The van der Waals surface area contributed by atoms with Gasteiger partial charge in [-0.3, -0.25) is 10.2 Å². The smallest absolute Gasteiger partial charge is 0.301 e. The van der Waals surface area contributed by atoms with Crippen LogP contribution in [0.3, 0.4) is 0 Å². The van der Waals surface area contributed by atoms with Crippen molar-refractivity contribution in [3.8, 4) is 28.3 Å². The van der Waals surface area contributed by atoms with Gasteiger partial charge in [0.05, 0.1) is 17.1 Å². The fraction of sp³-hybridized carbons (Fsp3) is 0.0833. The van der Waals surface area contributed by atoms with Crippen molar-refractivity contribution in [1.82, 2.24) is 20.6 Å². The molecule has 2 heterocycles. The van der Waals surface area contributed by atoms with Gasteiger partial charge in [0.15, 0.2) is 11.5 Å². The molecule has 1 aliphatic heterocycles. The van der Waals surface area contributed by atoms with Gasteiger partial charge < -0.3 is 5.11 Å². The number of nitrogens with one attached hydrogen (secondary N) is 2. The molecule has 3 aromatic carbocycles. The van der Waals surface area contributed by atoms with Crippen molar-refractivity contribution < 1.29 is 14.3 Å². The first-order chi connectivity index (χ1) is 16.9. The van der Waals surface area contributed by atoms with Gasteiger partial charge in [-0.1, -0.05) is 36.4 Å². The maximum Gasteiger partial charge on any atom is 0.301 e. The average Bonchev–Trinajstić information content (AvgIpc) is 3.49. The van der Waals surface area contributed by atoms with E-state index in [0.29, 0.717) is 34.0 Å². The molecule has 0 radical (unpaired) electrons. The molecule has 174 valence electrons. The Labute approximate surface area is 198 Å². The van der Waals surface area contributed by atoms with Crippen molar-refractivity contribution in [3.05, 3.63) is 72.0 Å². The molecule has 0 saturated heterocycles. The fourth-order valence-electron chi connectivity index (χ4n) is 3.61. The molecular formula is C24H19FN8O2. The highest BCUT2D eigenvalue weighted by atomic mass is 19.1. The van der Waals surface area contributed by atoms with Crippen LogP contribution >= 0.6 is 0 Å². The van der Waals surface area contributed by atoms with Gasteiger partial charge in [-0.05, 0) is 59.7 Å². The van der Waals surface area contributed by atoms with Gasteiger partial charge in [-0.2, -0.15) is 15.2 Å². The number of hydrazone groups is 2. The molecule has 0 unspecified atom stereocenters. The molecule has 0 spiro atoms. The maximum atomic E-state index is 14.0. The third-order valence-corrected chi connectivity index (χ3v) is 5.50. The van der Waals surface area contributed by atoms with Crippen LogP contribution in [0.2, 0.25) is 0 Å². The number of rotatable bonds is 5. The Kier molecular flexibility index (Phi) is 5.49. The summed E-state index contributed by atoms with van der Waals surface area (Å²) in [5, 5.41) is 34.2. The highest BCUT2D eigenvalue weighted by Gasteiger charge is 2.31. The molecule has 0 aliphatic carbocycles. The number of anilines is 2. The van der Waals surface area contributed by atoms with Crippen LogP contribution in [0.5, 0.6) is 5.75 Å². The summed E-state index contributed by atoms with van der Waals surface area (Å²) >= 11 is 0. The number of amides is 1. The molecule has 0 fully saturated rings. The zero-order valence-corrected chi connectivity index (χ0v) is 18.7. The first kappa shape index (κ1) is 21.9. The summed E-state index contributed by atoms with van der Waals surface area (Å²) in [6.07, 6.45) is 0. The molecule has 5 rings (SSSR count). The number of tetrazole rings is 1. The number of hydrogen-bond acceptors (Lipinski definition) is 8. The van der Waals surface area contributed by atoms with Crippen molar-refractivity contribution in [3.63, 3.8) is 0 Å². The summed E-state index contributed by atoms with van der Waals surface area (Å²) in [5.41, 5.74) is 6.25. The lowest BCUT2D eigenvalue weighted by Gasteiger charge is -2.12. The van der Waals surface area contributed by atoms with Gasteiger partial charge in [0.2, 0.25) is 0 Å². The van der Waals surface area contributed by atoms with Gasteiger partial charge >= 0.3 is 5.91 Å². The second kappa shape index (κ2) is 8.78. The van der Waals surface area contributed by atoms with Crippen molar-refractivity contribution >= 4 is 28.7 Å². The number of benzene rings is 3. The third-order valence-electron chi connectivity index (χ3n) is 5.50. The van der Waals surface area contributed by atoms with E-state index in [1.807, 2.05) is 24.3 Å². The Morgan fingerprint density at radius 3 is 2.63 bits per heavy atom. The minimum atomic E-state index is -0.512. The van der Waals surface area contributed by atoms with Crippen molar-refractivity contribution in [1.29, 1.82) is 0 Å². The number of carbonyl (C=O) groups is 1. The SMILES string of the molecule is CC1=NN(c2ccc(C)c(F)c2)C(=O)C1=NNc1cccc(-c2cccc(-c3nnn[nH]3)c2)c1O. The van der Waals surface area contributed by atoms with E-state index >= 15 is 0 Å². The number of carbonyl (C=O) groups excluding carboxylic acids is 1. The van der Waals surface area contributed by atoms with Gasteiger partial charge in [0, 0.05) is 11.1 Å². The normalized spacial score (nSPS) is 14.5. The molecule has 4 aromatic rings. The molecule has 0 saturated carbocycles. The topological polar surface area (TPSA) is 132 Å². The Bertz CT molecular complexity index is 1500. The molecule has 1 aliphatic rings. The molecule has 1 amide bonds. The number of aromatic amines is 1. The van der Waals surface area contributed by atoms with E-state index in [-0.39, 0.29) is 11.5 Å². The summed E-state index contributed by atoms with van der Waals surface area (Å²) < 4.78 is 14.0. The second-order valence-corrected chi connectivity index (χ2v) is 7.84. The largest absolute Gasteiger partial charge is 0.505 e. The van der Waals surface area contributed by atoms with Gasteiger partial charge in [0.25, 0.3) is 0 Å². The van der Waals surface area contributed by atoms with Crippen molar-refractivity contribution in [2.24, 2.45) is 10.2 Å². The number of aryl methyl sites for hydroxylation is 1. The van der Waals surface area contributed by atoms with Gasteiger partial charge in [-0.25, -0.2) is 9.49 Å². The molecule has 0 bridgehead atoms. The summed E-state index contributed by atoms with van der Waals surface area (Å²) in [7, 11) is 0. The predicted molar refractivity (Wildman–Crippen MR) is 130 cm³/mol. The number of para-hydroxylation sites is 1. The molecular weight excluding hydrogens is 451 g/mol. The van der Waals surface area contributed by atoms with E-state index in [1.54, 1.807) is 44.2 Å². The number of H-pyrrole nitrogens is 1. The molecule has 11 heteroatoms. The predicted octanol–water partition coefficient (Wildman–Crippen LogP) is 3.88. The highest BCUT2D eigenvalue weighted by Crippen LogP contribution is 2.36. The minimum absolute atomic E-state index is 0.0515. The van der Waals surface area contributed by atoms with E-state index in [1.165, 1.54) is 6.07 Å². The number of phenols is 1. The Hall–Kier alpha value is -4.93. The third kappa shape index (κ3) is 4.10. The van der Waals surface area contributed by atoms with Crippen LogP contribution in [0.1, 0.15) is 12.5 Å². The van der Waals surface area contributed by atoms with E-state index in [0.717, 1.165) is 16.1 Å². The molecule has 10 nitrogen and oxygen atoms in total. The molecule has 35 heavy (non-hydrogen) atoms. The Balaban J connectivity index is 1.41. The van der Waals surface area contributed by atoms with Gasteiger partial charge in [-0.15, -0.1) is 5.10 Å². The van der Waals surface area contributed by atoms with E-state index in [2.05, 4.69) is 36.3 Å². The number of nitrogens with zero attached hydrogens (tertiary/aromatic N) is 6. The lowest BCUT2D eigenvalue weighted by atomic mass is 10.0. The van der Waals surface area contributed by atoms with E-state index < -0.39 is 11.7 Å². The van der Waals surface area contributed by atoms with Crippen molar-refractivity contribution in [2.75, 3.05) is 10.4 Å². The van der Waals surface area contributed by atoms with Crippen LogP contribution in [0.25, 0.3) is 22.5 Å². The minimum Gasteiger partial charge on any atom is -0.505 e. The van der Waals surface area contributed by atoms with Crippen LogP contribution in [-0.2, 0) is 4.79 Å². The highest BCUT2D eigenvalue weighted by molar-refractivity contribution is 6.71. The second-order valence-electron chi connectivity index (χ2n) is 7.84. The Morgan fingerprint density at radius 2 is 1.86 bits per heavy atom. The van der Waals surface area contributed by atoms with Gasteiger partial charge in [0.1, 0.15) is 11.6 Å². The zero-order valence-electron chi connectivity index (χ0n) is 18.7. The number of aromatic nitrogens is 4. The number of phenolic OH excluding ortho intramolecular Hbond substituents is 1. The van der Waals surface area contributed by atoms with Crippen LogP contribution < -0.4 is 10.4 Å². The number of aromatic hydroxyl groups is 1. The lowest BCUT2D eigenvalue weighted by Crippen LogP contribution is -2.28. The maximum absolute atomic E-state index is 14.0. The van der Waals surface area contributed by atoms with Crippen LogP contribution in [0.4, 0.5) is 15.8 Å². The first-order valence-electron chi connectivity index (χ1n) is 10.6. The number of hydrogen-bond donors (Lipinski definition) is 3. The van der Waals surface area contributed by atoms with E-state index in [4.69, 9.17) is 0 Å². The summed E-state index contributed by atoms with van der Waals surface area (Å²) in [5.74, 6) is -0.499. The van der Waals surface area contributed by atoms with E-state index in [9.17, 15) is 14.3 Å². The summed E-state index contributed by atoms with van der Waals surface area (Å²) in [4.78, 5) is 12.9. The summed E-state index contributed by atoms with van der Waals surface area (Å²) in [6.45, 7) is 3.27.